The largest absolute Gasteiger partial charge is 0.339 e. The minimum Gasteiger partial charge on any atom is -0.339 e. The Bertz CT molecular complexity index is 195. The Morgan fingerprint density at radius 1 is 1.50 bits per heavy atom. The van der Waals surface area contributed by atoms with Gasteiger partial charge < -0.3 is 4.90 Å². The average Bonchev–Trinajstić information content (AvgIpc) is 2.64. The number of nitrogens with zero attached hydrogens (tertiary/aromatic N) is 1. The zero-order valence-corrected chi connectivity index (χ0v) is 7.89. The molecule has 1 aliphatic heterocycles. The summed E-state index contributed by atoms with van der Waals surface area (Å²) in [6, 6.07) is 0.561. The maximum Gasteiger partial charge on any atom is 0.224 e. The fourth-order valence-electron chi connectivity index (χ4n) is 2.45. The standard InChI is InChI=1S/C9H14ClNO/c10-4-3-9(12)11-6-7-1-2-8(11)5-7/h7-8H,1-6H2. The molecule has 0 aromatic heterocycles. The first kappa shape index (κ1) is 8.36. The fourth-order valence-corrected chi connectivity index (χ4v) is 2.62. The molecule has 2 aliphatic rings. The number of fused-ring (bicyclic) bond motifs is 2. The third-order valence-electron chi connectivity index (χ3n) is 3.04. The maximum atomic E-state index is 11.5. The summed E-state index contributed by atoms with van der Waals surface area (Å²) in [5, 5.41) is 0. The van der Waals surface area contributed by atoms with E-state index in [0.717, 1.165) is 12.5 Å². The van der Waals surface area contributed by atoms with E-state index in [1.807, 2.05) is 4.90 Å². The second-order valence-electron chi connectivity index (χ2n) is 3.82. The van der Waals surface area contributed by atoms with Gasteiger partial charge in [0.25, 0.3) is 0 Å². The summed E-state index contributed by atoms with van der Waals surface area (Å²) in [6.45, 7) is 1.00. The molecule has 2 atom stereocenters. The number of likely N-dealkylation sites (tertiary alicyclic amines) is 1. The molecule has 0 spiro atoms. The second kappa shape index (κ2) is 3.25. The number of carbonyl (C=O) groups is 1. The molecule has 0 N–H and O–H groups in total. The summed E-state index contributed by atoms with van der Waals surface area (Å²) in [5.74, 6) is 1.53. The van der Waals surface area contributed by atoms with E-state index < -0.39 is 0 Å². The molecule has 1 saturated heterocycles. The number of amides is 1. The molecule has 0 radical (unpaired) electrons. The highest BCUT2D eigenvalue weighted by atomic mass is 35.5. The molecular formula is C9H14ClNO. The Labute approximate surface area is 77.9 Å². The van der Waals surface area contributed by atoms with E-state index in [2.05, 4.69) is 0 Å². The number of rotatable bonds is 2. The van der Waals surface area contributed by atoms with Crippen LogP contribution in [0.4, 0.5) is 0 Å². The molecule has 2 unspecified atom stereocenters. The normalized spacial score (nSPS) is 32.9. The van der Waals surface area contributed by atoms with Gasteiger partial charge in [-0.25, -0.2) is 0 Å². The lowest BCUT2D eigenvalue weighted by molar-refractivity contribution is -0.132. The van der Waals surface area contributed by atoms with Crippen LogP contribution in [0.25, 0.3) is 0 Å². The molecule has 0 aromatic rings. The first-order valence-corrected chi connectivity index (χ1v) is 5.20. The van der Waals surface area contributed by atoms with Crippen molar-refractivity contribution >= 4 is 17.5 Å². The van der Waals surface area contributed by atoms with Gasteiger partial charge in [-0.2, -0.15) is 0 Å². The van der Waals surface area contributed by atoms with Gasteiger partial charge in [0.2, 0.25) is 5.91 Å². The third kappa shape index (κ3) is 1.33. The Morgan fingerprint density at radius 3 is 2.83 bits per heavy atom. The van der Waals surface area contributed by atoms with Gasteiger partial charge in [0, 0.05) is 24.9 Å². The predicted molar refractivity (Wildman–Crippen MR) is 48.2 cm³/mol. The van der Waals surface area contributed by atoms with Crippen LogP contribution in [0.5, 0.6) is 0 Å². The molecule has 2 nitrogen and oxygen atoms in total. The van der Waals surface area contributed by atoms with E-state index in [-0.39, 0.29) is 5.91 Å². The minimum absolute atomic E-state index is 0.261. The van der Waals surface area contributed by atoms with Crippen LogP contribution in [-0.2, 0) is 4.79 Å². The molecule has 0 aromatic carbocycles. The van der Waals surface area contributed by atoms with Gasteiger partial charge in [-0.1, -0.05) is 0 Å². The van der Waals surface area contributed by atoms with E-state index >= 15 is 0 Å². The Balaban J connectivity index is 1.93. The van der Waals surface area contributed by atoms with Gasteiger partial charge >= 0.3 is 0 Å². The van der Waals surface area contributed by atoms with Crippen LogP contribution in [0.3, 0.4) is 0 Å². The van der Waals surface area contributed by atoms with Crippen molar-refractivity contribution in [1.82, 2.24) is 4.90 Å². The molecule has 1 aliphatic carbocycles. The van der Waals surface area contributed by atoms with Crippen LogP contribution >= 0.6 is 11.6 Å². The van der Waals surface area contributed by atoms with Crippen LogP contribution in [0.2, 0.25) is 0 Å². The minimum atomic E-state index is 0.261. The molecule has 2 bridgehead atoms. The van der Waals surface area contributed by atoms with Crippen molar-refractivity contribution < 1.29 is 4.79 Å². The second-order valence-corrected chi connectivity index (χ2v) is 4.20. The average molecular weight is 188 g/mol. The van der Waals surface area contributed by atoms with Crippen LogP contribution in [0, 0.1) is 5.92 Å². The smallest absolute Gasteiger partial charge is 0.224 e. The molecule has 1 amide bonds. The van der Waals surface area contributed by atoms with Crippen molar-refractivity contribution in [1.29, 1.82) is 0 Å². The summed E-state index contributed by atoms with van der Waals surface area (Å²) >= 11 is 5.53. The summed E-state index contributed by atoms with van der Waals surface area (Å²) in [4.78, 5) is 13.5. The number of hydrogen-bond acceptors (Lipinski definition) is 1. The van der Waals surface area contributed by atoms with Crippen molar-refractivity contribution in [2.24, 2.45) is 5.92 Å². The van der Waals surface area contributed by atoms with Gasteiger partial charge in [0.05, 0.1) is 0 Å². The van der Waals surface area contributed by atoms with Gasteiger partial charge in [0.1, 0.15) is 0 Å². The van der Waals surface area contributed by atoms with Crippen LogP contribution < -0.4 is 0 Å². The summed E-state index contributed by atoms with van der Waals surface area (Å²) in [6.07, 6.45) is 4.31. The van der Waals surface area contributed by atoms with Crippen molar-refractivity contribution in [2.45, 2.75) is 31.7 Å². The van der Waals surface area contributed by atoms with Crippen molar-refractivity contribution in [3.8, 4) is 0 Å². The highest BCUT2D eigenvalue weighted by molar-refractivity contribution is 6.18. The van der Waals surface area contributed by atoms with Gasteiger partial charge in [-0.15, -0.1) is 11.6 Å². The van der Waals surface area contributed by atoms with E-state index in [4.69, 9.17) is 11.6 Å². The fraction of sp³-hybridized carbons (Fsp3) is 0.889. The summed E-state index contributed by atoms with van der Waals surface area (Å²) < 4.78 is 0. The molecule has 68 valence electrons. The quantitative estimate of drug-likeness (QED) is 0.602. The SMILES string of the molecule is O=C(CCCl)N1CC2CCC1C2. The number of halogens is 1. The number of hydrogen-bond donors (Lipinski definition) is 0. The van der Waals surface area contributed by atoms with Crippen LogP contribution in [0.1, 0.15) is 25.7 Å². The lowest BCUT2D eigenvalue weighted by Crippen LogP contribution is -2.37. The lowest BCUT2D eigenvalue weighted by atomic mass is 10.1. The third-order valence-corrected chi connectivity index (χ3v) is 3.23. The van der Waals surface area contributed by atoms with Gasteiger partial charge in [-0.3, -0.25) is 4.79 Å². The Morgan fingerprint density at radius 2 is 2.33 bits per heavy atom. The lowest BCUT2D eigenvalue weighted by Gasteiger charge is -2.26. The number of piperidine rings is 1. The maximum absolute atomic E-state index is 11.5. The van der Waals surface area contributed by atoms with Crippen molar-refractivity contribution in [2.75, 3.05) is 12.4 Å². The Hall–Kier alpha value is -0.240. The van der Waals surface area contributed by atoms with E-state index in [1.165, 1.54) is 19.3 Å². The van der Waals surface area contributed by atoms with E-state index in [1.54, 1.807) is 0 Å². The zero-order chi connectivity index (χ0) is 8.55. The first-order valence-electron chi connectivity index (χ1n) is 4.66. The van der Waals surface area contributed by atoms with Crippen molar-refractivity contribution in [3.63, 3.8) is 0 Å². The van der Waals surface area contributed by atoms with E-state index in [9.17, 15) is 4.79 Å². The molecule has 3 heteroatoms. The first-order chi connectivity index (χ1) is 5.81. The molecule has 1 saturated carbocycles. The van der Waals surface area contributed by atoms with Gasteiger partial charge in [-0.05, 0) is 25.2 Å². The summed E-state index contributed by atoms with van der Waals surface area (Å²) in [5.41, 5.74) is 0. The topological polar surface area (TPSA) is 20.3 Å². The number of carbonyl (C=O) groups excluding carboxylic acids is 1. The Kier molecular flexibility index (Phi) is 2.26. The van der Waals surface area contributed by atoms with Gasteiger partial charge in [0.15, 0.2) is 0 Å². The van der Waals surface area contributed by atoms with Crippen LogP contribution in [-0.4, -0.2) is 29.3 Å². The van der Waals surface area contributed by atoms with Crippen molar-refractivity contribution in [3.05, 3.63) is 0 Å². The summed E-state index contributed by atoms with van der Waals surface area (Å²) in [7, 11) is 0. The monoisotopic (exact) mass is 187 g/mol. The highest BCUT2D eigenvalue weighted by Gasteiger charge is 2.39. The molecule has 1 heterocycles. The number of alkyl halides is 1. The zero-order valence-electron chi connectivity index (χ0n) is 7.13. The highest BCUT2D eigenvalue weighted by Crippen LogP contribution is 2.37. The molecule has 2 fully saturated rings. The van der Waals surface area contributed by atoms with E-state index in [0.29, 0.717) is 18.3 Å². The molecular weight excluding hydrogens is 174 g/mol. The van der Waals surface area contributed by atoms with Crippen LogP contribution in [0.15, 0.2) is 0 Å². The molecule has 2 rings (SSSR count). The predicted octanol–water partition coefficient (Wildman–Crippen LogP) is 1.63. The molecule has 12 heavy (non-hydrogen) atoms.